The van der Waals surface area contributed by atoms with Crippen LogP contribution in [0.3, 0.4) is 0 Å². The minimum Gasteiger partial charge on any atom is -0.351 e. The van der Waals surface area contributed by atoms with Gasteiger partial charge in [0.2, 0.25) is 11.8 Å². The first-order valence-electron chi connectivity index (χ1n) is 9.92. The zero-order chi connectivity index (χ0) is 18.8. The Balaban J connectivity index is 1.59. The Morgan fingerprint density at radius 3 is 2.59 bits per heavy atom. The average molecular weight is 365 g/mol. The third-order valence-corrected chi connectivity index (χ3v) is 5.76. The largest absolute Gasteiger partial charge is 0.351 e. The van der Waals surface area contributed by atoms with E-state index in [0.717, 1.165) is 36.9 Å². The van der Waals surface area contributed by atoms with E-state index in [1.54, 1.807) is 4.90 Å². The van der Waals surface area contributed by atoms with Crippen molar-refractivity contribution < 1.29 is 9.59 Å². The maximum Gasteiger partial charge on any atom is 0.249 e. The summed E-state index contributed by atoms with van der Waals surface area (Å²) in [7, 11) is 0. The van der Waals surface area contributed by atoms with Gasteiger partial charge in [0.05, 0.1) is 5.69 Å². The lowest BCUT2D eigenvalue weighted by Gasteiger charge is -2.37. The van der Waals surface area contributed by atoms with Crippen molar-refractivity contribution in [3.8, 4) is 0 Å². The van der Waals surface area contributed by atoms with Gasteiger partial charge in [-0.3, -0.25) is 9.59 Å². The number of aromatic nitrogens is 1. The highest BCUT2D eigenvalue weighted by molar-refractivity contribution is 5.90. The molecular weight excluding hydrogens is 338 g/mol. The number of aryl methyl sites for hydroxylation is 1. The van der Waals surface area contributed by atoms with Crippen LogP contribution in [-0.4, -0.2) is 27.3 Å². The first kappa shape index (κ1) is 17.8. The van der Waals surface area contributed by atoms with E-state index < -0.39 is 6.04 Å². The van der Waals surface area contributed by atoms with Gasteiger partial charge in [0, 0.05) is 18.8 Å². The number of benzene rings is 1. The van der Waals surface area contributed by atoms with Crippen molar-refractivity contribution in [1.82, 2.24) is 14.8 Å². The van der Waals surface area contributed by atoms with Gasteiger partial charge in [0.25, 0.3) is 0 Å². The molecule has 1 fully saturated rings. The molecule has 2 aliphatic rings. The highest BCUT2D eigenvalue weighted by Gasteiger charge is 2.38. The number of rotatable bonds is 4. The Kier molecular flexibility index (Phi) is 5.01. The summed E-state index contributed by atoms with van der Waals surface area (Å²) in [5, 5.41) is 3.22. The van der Waals surface area contributed by atoms with Gasteiger partial charge in [0.15, 0.2) is 6.04 Å². The fourth-order valence-electron chi connectivity index (χ4n) is 4.23. The summed E-state index contributed by atoms with van der Waals surface area (Å²) in [6.45, 7) is 2.79. The van der Waals surface area contributed by atoms with Crippen LogP contribution in [0.4, 0.5) is 0 Å². The maximum atomic E-state index is 13.2. The molecular formula is C22H27N3O2. The highest BCUT2D eigenvalue weighted by Crippen LogP contribution is 2.29. The first-order chi connectivity index (χ1) is 13.1. The molecule has 1 saturated carbocycles. The summed E-state index contributed by atoms with van der Waals surface area (Å²) in [6, 6.07) is 11.7. The number of amides is 2. The van der Waals surface area contributed by atoms with Gasteiger partial charge in [-0.15, -0.1) is 0 Å². The lowest BCUT2D eigenvalue weighted by atomic mass is 9.95. The number of nitrogens with zero attached hydrogens (tertiary/aromatic N) is 2. The maximum absolute atomic E-state index is 13.2. The summed E-state index contributed by atoms with van der Waals surface area (Å²) in [5.74, 6) is -0.0647. The van der Waals surface area contributed by atoms with Gasteiger partial charge < -0.3 is 14.8 Å². The monoisotopic (exact) mass is 365 g/mol. The van der Waals surface area contributed by atoms with Gasteiger partial charge in [-0.25, -0.2) is 0 Å². The zero-order valence-electron chi connectivity index (χ0n) is 15.9. The number of hydrogen-bond acceptors (Lipinski definition) is 2. The predicted octanol–water partition coefficient (Wildman–Crippen LogP) is 3.33. The average Bonchev–Trinajstić information content (AvgIpc) is 3.12. The second-order valence-electron chi connectivity index (χ2n) is 7.81. The summed E-state index contributed by atoms with van der Waals surface area (Å²) in [4.78, 5) is 27.8. The van der Waals surface area contributed by atoms with Gasteiger partial charge >= 0.3 is 0 Å². The summed E-state index contributed by atoms with van der Waals surface area (Å²) in [6.07, 6.45) is 7.53. The van der Waals surface area contributed by atoms with Crippen LogP contribution in [0.25, 0.3) is 0 Å². The first-order valence-corrected chi connectivity index (χ1v) is 9.92. The molecule has 0 radical (unpaired) electrons. The Morgan fingerprint density at radius 1 is 1.11 bits per heavy atom. The van der Waals surface area contributed by atoms with Crippen LogP contribution in [0.5, 0.6) is 0 Å². The number of hydrogen-bond donors (Lipinski definition) is 1. The number of nitrogens with one attached hydrogen (secondary N) is 1. The van der Waals surface area contributed by atoms with Crippen LogP contribution >= 0.6 is 0 Å². The Morgan fingerprint density at radius 2 is 1.85 bits per heavy atom. The fraction of sp³-hybridized carbons (Fsp3) is 0.455. The zero-order valence-corrected chi connectivity index (χ0v) is 15.9. The van der Waals surface area contributed by atoms with Crippen molar-refractivity contribution in [2.24, 2.45) is 0 Å². The third-order valence-electron chi connectivity index (χ3n) is 5.76. The minimum absolute atomic E-state index is 0.0110. The molecule has 5 heteroatoms. The van der Waals surface area contributed by atoms with Crippen LogP contribution in [0.15, 0.2) is 42.6 Å². The molecule has 1 N–H and O–H groups in total. The van der Waals surface area contributed by atoms with Crippen LogP contribution in [-0.2, 0) is 22.7 Å². The normalized spacial score (nSPS) is 20.4. The second kappa shape index (κ2) is 7.59. The molecule has 0 bridgehead atoms. The minimum atomic E-state index is -0.565. The number of fused-ring (bicyclic) bond motifs is 1. The molecule has 1 aliphatic heterocycles. The van der Waals surface area contributed by atoms with E-state index in [0.29, 0.717) is 13.1 Å². The van der Waals surface area contributed by atoms with Crippen molar-refractivity contribution in [2.75, 3.05) is 0 Å². The van der Waals surface area contributed by atoms with Gasteiger partial charge in [0.1, 0.15) is 6.54 Å². The third kappa shape index (κ3) is 3.77. The molecule has 1 aromatic carbocycles. The molecule has 27 heavy (non-hydrogen) atoms. The number of carbonyl (C=O) groups excluding carboxylic acids is 2. The van der Waals surface area contributed by atoms with Crippen LogP contribution in [0.2, 0.25) is 0 Å². The SMILES string of the molecule is Cc1ccc(CN2C(=O)Cn3cccc3[C@H]2C(=O)NC2CCCCC2)cc1. The molecule has 2 heterocycles. The van der Waals surface area contributed by atoms with E-state index in [1.807, 2.05) is 54.1 Å². The Labute approximate surface area is 160 Å². The summed E-state index contributed by atoms with van der Waals surface area (Å²) >= 11 is 0. The molecule has 5 nitrogen and oxygen atoms in total. The van der Waals surface area contributed by atoms with Crippen molar-refractivity contribution in [3.63, 3.8) is 0 Å². The quantitative estimate of drug-likeness (QED) is 0.904. The second-order valence-corrected chi connectivity index (χ2v) is 7.81. The van der Waals surface area contributed by atoms with Gasteiger partial charge in [-0.1, -0.05) is 49.1 Å². The predicted molar refractivity (Wildman–Crippen MR) is 104 cm³/mol. The molecule has 1 aromatic heterocycles. The molecule has 4 rings (SSSR count). The van der Waals surface area contributed by atoms with Crippen LogP contribution in [0, 0.1) is 6.92 Å². The smallest absolute Gasteiger partial charge is 0.249 e. The van der Waals surface area contributed by atoms with E-state index in [4.69, 9.17) is 0 Å². The lowest BCUT2D eigenvalue weighted by Crippen LogP contribution is -2.50. The van der Waals surface area contributed by atoms with Crippen LogP contribution < -0.4 is 5.32 Å². The molecule has 0 saturated heterocycles. The van der Waals surface area contributed by atoms with E-state index in [2.05, 4.69) is 5.32 Å². The molecule has 2 aromatic rings. The van der Waals surface area contributed by atoms with Crippen molar-refractivity contribution in [3.05, 3.63) is 59.4 Å². The van der Waals surface area contributed by atoms with E-state index in [-0.39, 0.29) is 17.9 Å². The summed E-state index contributed by atoms with van der Waals surface area (Å²) < 4.78 is 1.90. The molecule has 1 aliphatic carbocycles. The van der Waals surface area contributed by atoms with Gasteiger partial charge in [-0.2, -0.15) is 0 Å². The molecule has 1 atom stereocenters. The molecule has 2 amide bonds. The van der Waals surface area contributed by atoms with Crippen molar-refractivity contribution in [2.45, 2.75) is 64.2 Å². The highest BCUT2D eigenvalue weighted by atomic mass is 16.2. The fourth-order valence-corrected chi connectivity index (χ4v) is 4.23. The van der Waals surface area contributed by atoms with E-state index in [9.17, 15) is 9.59 Å². The standard InChI is InChI=1S/C22H27N3O2/c1-16-9-11-17(12-10-16)14-25-20(26)15-24-13-5-8-19(24)21(25)22(27)23-18-6-3-2-4-7-18/h5,8-13,18,21H,2-4,6-7,14-15H2,1H3,(H,23,27)/t21-/m0/s1. The van der Waals surface area contributed by atoms with Crippen molar-refractivity contribution in [1.29, 1.82) is 0 Å². The van der Waals surface area contributed by atoms with Crippen LogP contribution in [0.1, 0.15) is 55.0 Å². The molecule has 0 unspecified atom stereocenters. The molecule has 142 valence electrons. The Bertz CT molecular complexity index is 818. The lowest BCUT2D eigenvalue weighted by molar-refractivity contribution is -0.144. The van der Waals surface area contributed by atoms with E-state index in [1.165, 1.54) is 12.0 Å². The summed E-state index contributed by atoms with van der Waals surface area (Å²) in [5.41, 5.74) is 3.13. The van der Waals surface area contributed by atoms with Crippen molar-refractivity contribution >= 4 is 11.8 Å². The van der Waals surface area contributed by atoms with E-state index >= 15 is 0 Å². The number of carbonyl (C=O) groups is 2. The Hall–Kier alpha value is -2.56. The van der Waals surface area contributed by atoms with Gasteiger partial charge in [-0.05, 0) is 37.5 Å². The molecule has 0 spiro atoms. The topological polar surface area (TPSA) is 54.3 Å².